The maximum atomic E-state index is 6.35. The molecule has 0 amide bonds. The van der Waals surface area contributed by atoms with Crippen LogP contribution in [0.15, 0.2) is 0 Å². The van der Waals surface area contributed by atoms with Crippen LogP contribution >= 0.6 is 0 Å². The Morgan fingerprint density at radius 2 is 2.40 bits per heavy atom. The lowest BCUT2D eigenvalue weighted by atomic mass is 10.5. The summed E-state index contributed by atoms with van der Waals surface area (Å²) in [6, 6.07) is 0. The second-order valence-corrected chi connectivity index (χ2v) is 0.927. The Labute approximate surface area is 33.4 Å². The molecular weight excluding hydrogens is 62.1 g/mol. The van der Waals surface area contributed by atoms with E-state index in [0.717, 1.165) is 13.0 Å². The van der Waals surface area contributed by atoms with Crippen molar-refractivity contribution in [1.82, 2.24) is 5.32 Å². The van der Waals surface area contributed by atoms with Gasteiger partial charge in [-0.15, -0.1) is 0 Å². The molecule has 29 valence electrons. The van der Waals surface area contributed by atoms with E-state index in [1.807, 2.05) is 6.92 Å². The van der Waals surface area contributed by atoms with Gasteiger partial charge in [-0.25, -0.2) is 0 Å². The summed E-state index contributed by atoms with van der Waals surface area (Å²) in [5.41, 5.74) is 0. The Kier molecular flexibility index (Phi) is 3.93. The topological polar surface area (TPSA) is 12.0 Å². The highest BCUT2D eigenvalue weighted by molar-refractivity contribution is 4.34. The van der Waals surface area contributed by atoms with Gasteiger partial charge >= 0.3 is 0 Å². The summed E-state index contributed by atoms with van der Waals surface area (Å²) in [5.74, 6) is 0. The van der Waals surface area contributed by atoms with Gasteiger partial charge in [0.05, 0.1) is 7.05 Å². The maximum absolute atomic E-state index is 6.35. The predicted octanol–water partition coefficient (Wildman–Crippen LogP) is 0.532. The molecule has 1 N–H and O–H groups in total. The van der Waals surface area contributed by atoms with Crippen molar-refractivity contribution < 1.29 is 0 Å². The van der Waals surface area contributed by atoms with E-state index in [2.05, 4.69) is 5.32 Å². The fourth-order valence-electron chi connectivity index (χ4n) is 0.125. The van der Waals surface area contributed by atoms with Gasteiger partial charge in [-0.2, -0.15) is 0 Å². The Hall–Kier alpha value is -0.0400. The van der Waals surface area contributed by atoms with Crippen LogP contribution in [0.25, 0.3) is 0 Å². The smallest absolute Gasteiger partial charge is 0.0851 e. The molecule has 5 heavy (non-hydrogen) atoms. The molecule has 0 aromatic carbocycles. The fraction of sp³-hybridized carbons (Fsp3) is 0.750. The van der Waals surface area contributed by atoms with Gasteiger partial charge in [-0.05, 0) is 13.0 Å². The predicted molar refractivity (Wildman–Crippen MR) is 21.5 cm³/mol. The molecule has 0 saturated heterocycles. The summed E-state index contributed by atoms with van der Waals surface area (Å²) in [4.78, 5) is 0. The van der Waals surface area contributed by atoms with E-state index in [4.69, 9.17) is 7.05 Å². The first-order valence-corrected chi connectivity index (χ1v) is 1.81. The zero-order chi connectivity index (χ0) is 4.12. The average molecular weight is 70.1 g/mol. The highest BCUT2D eigenvalue weighted by Gasteiger charge is 1.65. The Balaban J connectivity index is 2.19. The summed E-state index contributed by atoms with van der Waals surface area (Å²) in [6.45, 7) is 2.83. The van der Waals surface area contributed by atoms with Crippen molar-refractivity contribution in [3.05, 3.63) is 7.05 Å². The van der Waals surface area contributed by atoms with Gasteiger partial charge in [0.1, 0.15) is 0 Å². The molecule has 1 nitrogen and oxygen atoms in total. The number of rotatable bonds is 2. The van der Waals surface area contributed by atoms with Crippen molar-refractivity contribution >= 4 is 0 Å². The summed E-state index contributed by atoms with van der Waals surface area (Å²) < 4.78 is 0. The standard InChI is InChI=1S/C4H8N/c1-3-4-5-2/h5H,3-4H2,1H3. The molecule has 0 heterocycles. The van der Waals surface area contributed by atoms with Crippen molar-refractivity contribution in [2.45, 2.75) is 13.3 Å². The van der Waals surface area contributed by atoms with Crippen LogP contribution in [0.2, 0.25) is 0 Å². The van der Waals surface area contributed by atoms with E-state index in [-0.39, 0.29) is 0 Å². The van der Waals surface area contributed by atoms with E-state index in [1.54, 1.807) is 0 Å². The van der Waals surface area contributed by atoms with Crippen LogP contribution in [-0.4, -0.2) is 6.54 Å². The second kappa shape index (κ2) is 3.96. The van der Waals surface area contributed by atoms with Crippen LogP contribution in [-0.2, 0) is 0 Å². The van der Waals surface area contributed by atoms with Gasteiger partial charge in [0.15, 0.2) is 0 Å². The van der Waals surface area contributed by atoms with Crippen molar-refractivity contribution in [3.63, 3.8) is 0 Å². The van der Waals surface area contributed by atoms with Crippen molar-refractivity contribution in [3.8, 4) is 0 Å². The first-order valence-electron chi connectivity index (χ1n) is 1.81. The minimum absolute atomic E-state index is 0.806. The van der Waals surface area contributed by atoms with Crippen molar-refractivity contribution in [1.29, 1.82) is 0 Å². The largest absolute Gasteiger partial charge is 0.306 e. The molecule has 1 heteroatoms. The van der Waals surface area contributed by atoms with Gasteiger partial charge < -0.3 is 5.32 Å². The molecule has 0 unspecified atom stereocenters. The molecule has 0 rings (SSSR count). The summed E-state index contributed by atoms with van der Waals surface area (Å²) >= 11 is 0. The van der Waals surface area contributed by atoms with Gasteiger partial charge in [0, 0.05) is 0 Å². The quantitative estimate of drug-likeness (QED) is 0.499. The molecule has 0 aromatic rings. The highest BCUT2D eigenvalue weighted by atomic mass is 14.8. The third kappa shape index (κ3) is 3.96. The molecule has 0 saturated carbocycles. The summed E-state index contributed by atoms with van der Waals surface area (Å²) in [6.07, 6.45) is 1.05. The zero-order valence-corrected chi connectivity index (χ0v) is 3.41. The molecule has 0 aliphatic rings. The van der Waals surface area contributed by atoms with Crippen LogP contribution in [0.3, 0.4) is 0 Å². The molecule has 0 spiro atoms. The third-order valence-corrected chi connectivity index (χ3v) is 0.375. The van der Waals surface area contributed by atoms with Gasteiger partial charge in [0.2, 0.25) is 0 Å². The Bertz CT molecular complexity index is 11.1. The molecule has 0 aliphatic carbocycles. The second-order valence-electron chi connectivity index (χ2n) is 0.927. The van der Waals surface area contributed by atoms with E-state index >= 15 is 0 Å². The van der Waals surface area contributed by atoms with E-state index in [9.17, 15) is 0 Å². The summed E-state index contributed by atoms with van der Waals surface area (Å²) in [5, 5.41) is 2.27. The van der Waals surface area contributed by atoms with E-state index in [0.29, 0.717) is 0 Å². The van der Waals surface area contributed by atoms with Crippen LogP contribution in [0.1, 0.15) is 13.3 Å². The zero-order valence-electron chi connectivity index (χ0n) is 3.41. The molecule has 0 aromatic heterocycles. The monoisotopic (exact) mass is 70.1 g/mol. The van der Waals surface area contributed by atoms with Gasteiger partial charge in [-0.3, -0.25) is 0 Å². The number of hydrogen-bond acceptors (Lipinski definition) is 1. The third-order valence-electron chi connectivity index (χ3n) is 0.375. The first-order chi connectivity index (χ1) is 2.41. The lowest BCUT2D eigenvalue weighted by Gasteiger charge is -1.83. The first kappa shape index (κ1) is 4.96. The minimum atomic E-state index is 0.806. The van der Waals surface area contributed by atoms with Crippen LogP contribution in [0.4, 0.5) is 0 Å². The number of hydrogen-bond donors (Lipinski definition) is 1. The highest BCUT2D eigenvalue weighted by Crippen LogP contribution is 1.63. The Morgan fingerprint density at radius 3 is 2.40 bits per heavy atom. The maximum Gasteiger partial charge on any atom is 0.0851 e. The van der Waals surface area contributed by atoms with Crippen LogP contribution in [0.5, 0.6) is 0 Å². The molecule has 0 fully saturated rings. The lowest BCUT2D eigenvalue weighted by molar-refractivity contribution is 0.806. The average Bonchev–Trinajstić information content (AvgIpc) is 1.41. The summed E-state index contributed by atoms with van der Waals surface area (Å²) in [7, 11) is 6.35. The normalized spacial score (nSPS) is 8.40. The molecule has 0 bridgehead atoms. The molecule has 0 aliphatic heterocycles. The fourth-order valence-corrected chi connectivity index (χ4v) is 0.125. The van der Waals surface area contributed by atoms with E-state index < -0.39 is 0 Å². The molecule has 0 atom stereocenters. The molecule has 3 radical (unpaired) electrons. The lowest BCUT2D eigenvalue weighted by Crippen LogP contribution is -2.01. The van der Waals surface area contributed by atoms with Crippen molar-refractivity contribution in [2.24, 2.45) is 0 Å². The minimum Gasteiger partial charge on any atom is -0.306 e. The van der Waals surface area contributed by atoms with Crippen molar-refractivity contribution in [2.75, 3.05) is 6.54 Å². The van der Waals surface area contributed by atoms with E-state index in [1.165, 1.54) is 0 Å². The van der Waals surface area contributed by atoms with Gasteiger partial charge in [-0.1, -0.05) is 6.92 Å². The van der Waals surface area contributed by atoms with Crippen LogP contribution in [0, 0.1) is 7.05 Å². The van der Waals surface area contributed by atoms with Crippen LogP contribution < -0.4 is 5.32 Å². The van der Waals surface area contributed by atoms with Gasteiger partial charge in [0.25, 0.3) is 0 Å². The Morgan fingerprint density at radius 1 is 1.80 bits per heavy atom. The SMILES string of the molecule is [C]NCCC. The molecular formula is C4H8N. The number of nitrogens with one attached hydrogen (secondary N) is 1.